The average molecular weight is 310 g/mol. The molecule has 0 aliphatic heterocycles. The molecule has 0 radical (unpaired) electrons. The van der Waals surface area contributed by atoms with Crippen molar-refractivity contribution in [2.45, 2.75) is 50.4 Å². The van der Waals surface area contributed by atoms with Crippen molar-refractivity contribution in [3.63, 3.8) is 0 Å². The SMILES string of the molecule is C[C@]12CCC3c4ccc(O)cc4CCC3C1Cc1c2n[nH]c1O. The number of H-pyrrole nitrogens is 1. The Morgan fingerprint density at radius 1 is 1.26 bits per heavy atom. The van der Waals surface area contributed by atoms with E-state index in [4.69, 9.17) is 0 Å². The quantitative estimate of drug-likeness (QED) is 0.698. The molecule has 0 bridgehead atoms. The first-order valence-corrected chi connectivity index (χ1v) is 8.66. The number of phenols is 1. The Morgan fingerprint density at radius 3 is 3.00 bits per heavy atom. The number of aryl methyl sites for hydroxylation is 1. The van der Waals surface area contributed by atoms with Gasteiger partial charge in [-0.1, -0.05) is 13.0 Å². The molecule has 120 valence electrons. The van der Waals surface area contributed by atoms with Gasteiger partial charge in [-0.15, -0.1) is 0 Å². The van der Waals surface area contributed by atoms with Crippen LogP contribution in [0, 0.1) is 11.8 Å². The molecule has 3 unspecified atom stereocenters. The lowest BCUT2D eigenvalue weighted by molar-refractivity contribution is 0.103. The standard InChI is InChI=1S/C19H22N2O2/c1-19-7-6-13-12-5-3-11(22)8-10(12)2-4-14(13)16(19)9-15-17(19)20-21-18(15)23/h3,5,8,13-14,16,22H,2,4,6-7,9H2,1H3,(H2,20,21,23)/t13?,14?,16?,19-/m0/s1. The first-order valence-electron chi connectivity index (χ1n) is 8.66. The number of aromatic nitrogens is 2. The van der Waals surface area contributed by atoms with Crippen LogP contribution < -0.4 is 0 Å². The number of hydrogen-bond donors (Lipinski definition) is 3. The van der Waals surface area contributed by atoms with Gasteiger partial charge in [0.25, 0.3) is 0 Å². The summed E-state index contributed by atoms with van der Waals surface area (Å²) in [5, 5.41) is 27.0. The van der Waals surface area contributed by atoms with Crippen molar-refractivity contribution >= 4 is 0 Å². The van der Waals surface area contributed by atoms with E-state index in [1.54, 1.807) is 0 Å². The molecule has 4 atom stereocenters. The van der Waals surface area contributed by atoms with E-state index in [0.717, 1.165) is 30.5 Å². The van der Waals surface area contributed by atoms with E-state index in [0.29, 0.717) is 23.5 Å². The molecule has 1 saturated carbocycles. The Hall–Kier alpha value is -1.97. The molecule has 4 heteroatoms. The van der Waals surface area contributed by atoms with E-state index in [-0.39, 0.29) is 11.3 Å². The molecule has 1 fully saturated rings. The fourth-order valence-corrected chi connectivity index (χ4v) is 5.80. The molecule has 5 rings (SSSR count). The van der Waals surface area contributed by atoms with Crippen LogP contribution in [0.15, 0.2) is 18.2 Å². The summed E-state index contributed by atoms with van der Waals surface area (Å²) in [5.41, 5.74) is 5.03. The van der Waals surface area contributed by atoms with E-state index in [9.17, 15) is 10.2 Å². The fourth-order valence-electron chi connectivity index (χ4n) is 5.80. The van der Waals surface area contributed by atoms with Crippen LogP contribution in [0.1, 0.15) is 54.5 Å². The first kappa shape index (κ1) is 13.5. The molecule has 1 aromatic carbocycles. The zero-order chi connectivity index (χ0) is 15.8. The molecule has 3 N–H and O–H groups in total. The summed E-state index contributed by atoms with van der Waals surface area (Å²) in [6, 6.07) is 5.92. The minimum Gasteiger partial charge on any atom is -0.508 e. The highest BCUT2D eigenvalue weighted by molar-refractivity contribution is 5.45. The highest BCUT2D eigenvalue weighted by Crippen LogP contribution is 2.60. The number of nitrogens with one attached hydrogen (secondary N) is 1. The van der Waals surface area contributed by atoms with Gasteiger partial charge in [0.05, 0.1) is 5.69 Å². The number of aromatic hydroxyl groups is 2. The van der Waals surface area contributed by atoms with E-state index >= 15 is 0 Å². The second kappa shape index (κ2) is 4.31. The number of nitrogens with zero attached hydrogens (tertiary/aromatic N) is 1. The van der Waals surface area contributed by atoms with Crippen molar-refractivity contribution in [1.29, 1.82) is 0 Å². The van der Waals surface area contributed by atoms with Crippen molar-refractivity contribution in [3.05, 3.63) is 40.6 Å². The maximum absolute atomic E-state index is 10.1. The normalized spacial score (nSPS) is 34.4. The first-order chi connectivity index (χ1) is 11.1. The second-order valence-corrected chi connectivity index (χ2v) is 7.86. The lowest BCUT2D eigenvalue weighted by Gasteiger charge is -2.48. The van der Waals surface area contributed by atoms with Crippen molar-refractivity contribution < 1.29 is 10.2 Å². The Kier molecular flexibility index (Phi) is 2.52. The van der Waals surface area contributed by atoms with Crippen LogP contribution in [0.5, 0.6) is 11.6 Å². The third-order valence-corrected chi connectivity index (χ3v) is 6.91. The summed E-state index contributed by atoms with van der Waals surface area (Å²) in [6.45, 7) is 2.34. The van der Waals surface area contributed by atoms with Crippen molar-refractivity contribution in [2.75, 3.05) is 0 Å². The van der Waals surface area contributed by atoms with E-state index < -0.39 is 0 Å². The van der Waals surface area contributed by atoms with Gasteiger partial charge in [0.2, 0.25) is 5.88 Å². The van der Waals surface area contributed by atoms with Gasteiger partial charge in [-0.25, -0.2) is 5.10 Å². The van der Waals surface area contributed by atoms with Gasteiger partial charge < -0.3 is 10.2 Å². The van der Waals surface area contributed by atoms with Crippen molar-refractivity contribution in [1.82, 2.24) is 10.2 Å². The summed E-state index contributed by atoms with van der Waals surface area (Å²) in [7, 11) is 0. The minimum atomic E-state index is 0.0996. The van der Waals surface area contributed by atoms with Crippen LogP contribution in [0.2, 0.25) is 0 Å². The van der Waals surface area contributed by atoms with Crippen molar-refractivity contribution in [3.8, 4) is 11.6 Å². The van der Waals surface area contributed by atoms with Gasteiger partial charge in [0.1, 0.15) is 5.75 Å². The third kappa shape index (κ3) is 1.64. The molecular formula is C19H22N2O2. The molecule has 3 aliphatic carbocycles. The molecule has 0 spiro atoms. The Bertz CT molecular complexity index is 797. The minimum absolute atomic E-state index is 0.0996. The molecule has 0 saturated heterocycles. The number of fused-ring (bicyclic) bond motifs is 7. The van der Waals surface area contributed by atoms with E-state index in [2.05, 4.69) is 23.2 Å². The summed E-state index contributed by atoms with van der Waals surface area (Å²) >= 11 is 0. The fraction of sp³-hybridized carbons (Fsp3) is 0.526. The maximum atomic E-state index is 10.1. The van der Waals surface area contributed by atoms with Crippen molar-refractivity contribution in [2.24, 2.45) is 11.8 Å². The maximum Gasteiger partial charge on any atom is 0.210 e. The number of aromatic amines is 1. The number of rotatable bonds is 0. The predicted octanol–water partition coefficient (Wildman–Crippen LogP) is 3.39. The smallest absolute Gasteiger partial charge is 0.210 e. The van der Waals surface area contributed by atoms with Crippen LogP contribution in [0.3, 0.4) is 0 Å². The summed E-state index contributed by atoms with van der Waals surface area (Å²) in [5.74, 6) is 2.47. The van der Waals surface area contributed by atoms with E-state index in [1.807, 2.05) is 12.1 Å². The topological polar surface area (TPSA) is 69.1 Å². The Morgan fingerprint density at radius 2 is 2.13 bits per heavy atom. The van der Waals surface area contributed by atoms with E-state index in [1.165, 1.54) is 24.0 Å². The summed E-state index contributed by atoms with van der Waals surface area (Å²) < 4.78 is 0. The predicted molar refractivity (Wildman–Crippen MR) is 86.7 cm³/mol. The molecule has 23 heavy (non-hydrogen) atoms. The van der Waals surface area contributed by atoms with Gasteiger partial charge in [0.15, 0.2) is 0 Å². The van der Waals surface area contributed by atoms with Crippen LogP contribution >= 0.6 is 0 Å². The van der Waals surface area contributed by atoms with Crippen LogP contribution in [-0.4, -0.2) is 20.4 Å². The summed E-state index contributed by atoms with van der Waals surface area (Å²) in [6.07, 6.45) is 5.46. The number of benzene rings is 1. The molecule has 4 nitrogen and oxygen atoms in total. The van der Waals surface area contributed by atoms with Gasteiger partial charge in [-0.3, -0.25) is 0 Å². The third-order valence-electron chi connectivity index (χ3n) is 6.91. The zero-order valence-corrected chi connectivity index (χ0v) is 13.3. The molecular weight excluding hydrogens is 288 g/mol. The molecule has 3 aliphatic rings. The average Bonchev–Trinajstić information content (AvgIpc) is 3.05. The molecule has 1 heterocycles. The lowest BCUT2D eigenvalue weighted by Crippen LogP contribution is -2.43. The number of phenolic OH excluding ortho intramolecular Hbond substituents is 1. The van der Waals surface area contributed by atoms with Crippen LogP contribution in [-0.2, 0) is 18.3 Å². The number of hydrogen-bond acceptors (Lipinski definition) is 3. The van der Waals surface area contributed by atoms with Crippen LogP contribution in [0.25, 0.3) is 0 Å². The van der Waals surface area contributed by atoms with Crippen LogP contribution in [0.4, 0.5) is 0 Å². The van der Waals surface area contributed by atoms with Gasteiger partial charge in [-0.05, 0) is 73.1 Å². The highest BCUT2D eigenvalue weighted by Gasteiger charge is 2.54. The monoisotopic (exact) mass is 310 g/mol. The highest BCUT2D eigenvalue weighted by atomic mass is 16.3. The second-order valence-electron chi connectivity index (χ2n) is 7.86. The van der Waals surface area contributed by atoms with Gasteiger partial charge >= 0.3 is 0 Å². The van der Waals surface area contributed by atoms with Gasteiger partial charge in [-0.2, -0.15) is 5.10 Å². The zero-order valence-electron chi connectivity index (χ0n) is 13.3. The lowest BCUT2D eigenvalue weighted by atomic mass is 9.55. The molecule has 2 aromatic rings. The summed E-state index contributed by atoms with van der Waals surface area (Å²) in [4.78, 5) is 0. The molecule has 0 amide bonds. The molecule has 1 aromatic heterocycles. The largest absolute Gasteiger partial charge is 0.508 e. The van der Waals surface area contributed by atoms with Gasteiger partial charge in [0, 0.05) is 11.0 Å². The Labute approximate surface area is 135 Å². The Balaban J connectivity index is 1.56.